The van der Waals surface area contributed by atoms with Crippen molar-refractivity contribution in [3.05, 3.63) is 0 Å². The zero-order valence-electron chi connectivity index (χ0n) is 25.1. The van der Waals surface area contributed by atoms with Crippen molar-refractivity contribution >= 4 is 31.3 Å². The Morgan fingerprint density at radius 2 is 0.732 bits per heavy atom. The van der Waals surface area contributed by atoms with Gasteiger partial charge in [0.05, 0.1) is 19.8 Å². The van der Waals surface area contributed by atoms with Crippen molar-refractivity contribution in [3.8, 4) is 0 Å². The summed E-state index contributed by atoms with van der Waals surface area (Å²) in [5.74, 6) is 0. The lowest BCUT2D eigenvalue weighted by molar-refractivity contribution is 0.120. The molecule has 3 N–H and O–H groups in total. The maximum absolute atomic E-state index is 13.5. The third-order valence-corrected chi connectivity index (χ3v) is 12.3. The van der Waals surface area contributed by atoms with Gasteiger partial charge in [-0.1, -0.05) is 117 Å². The Morgan fingerprint density at radius 3 is 1.07 bits per heavy atom. The molecule has 0 aromatic carbocycles. The molecule has 0 aromatic heterocycles. The van der Waals surface area contributed by atoms with E-state index in [0.717, 1.165) is 89.9 Å². The molecular weight excluding hydrogens is 620 g/mol. The standard InChI is InChI=1S/C24H54O13P4/c1-4-7-10-13-16-19-22-32-40(30,33-23-20-17-14-11-8-5-2)37-41(31,34-24-21-18-15-12-9-6-3)36-39(28,29)35-38(25,26)27/h4-24H2,1-3H3,(H,28,29)(H2,25,26,27). The summed E-state index contributed by atoms with van der Waals surface area (Å²) < 4.78 is 79.5. The molecule has 0 radical (unpaired) electrons. The molecule has 0 amide bonds. The predicted octanol–water partition coefficient (Wildman–Crippen LogP) is 9.58. The van der Waals surface area contributed by atoms with Gasteiger partial charge < -0.3 is 14.7 Å². The van der Waals surface area contributed by atoms with Gasteiger partial charge in [-0.3, -0.25) is 13.6 Å². The summed E-state index contributed by atoms with van der Waals surface area (Å²) in [7, 11) is -21.1. The van der Waals surface area contributed by atoms with E-state index < -0.39 is 31.3 Å². The average Bonchev–Trinajstić information content (AvgIpc) is 2.85. The predicted molar refractivity (Wildman–Crippen MR) is 158 cm³/mol. The fraction of sp³-hybridized carbons (Fsp3) is 1.00. The molecule has 2 unspecified atom stereocenters. The molecule has 248 valence electrons. The Balaban J connectivity index is 5.49. The Hall–Kier alpha value is 0.560. The van der Waals surface area contributed by atoms with E-state index in [1.165, 1.54) is 0 Å². The van der Waals surface area contributed by atoms with Crippen LogP contribution >= 0.6 is 31.3 Å². The maximum atomic E-state index is 13.5. The lowest BCUT2D eigenvalue weighted by Gasteiger charge is -2.24. The molecule has 0 aromatic rings. The molecule has 0 heterocycles. The molecule has 17 heteroatoms. The van der Waals surface area contributed by atoms with Crippen LogP contribution in [-0.2, 0) is 44.8 Å². The molecule has 0 rings (SSSR count). The van der Waals surface area contributed by atoms with E-state index in [0.29, 0.717) is 25.7 Å². The van der Waals surface area contributed by atoms with Crippen molar-refractivity contribution < 1.29 is 59.4 Å². The van der Waals surface area contributed by atoms with Crippen molar-refractivity contribution in [2.45, 2.75) is 136 Å². The van der Waals surface area contributed by atoms with Crippen LogP contribution in [0.3, 0.4) is 0 Å². The number of phosphoric acid groups is 4. The van der Waals surface area contributed by atoms with E-state index in [1.54, 1.807) is 0 Å². The normalized spacial score (nSPS) is 15.6. The van der Waals surface area contributed by atoms with E-state index >= 15 is 0 Å². The molecule has 0 aliphatic carbocycles. The fourth-order valence-electron chi connectivity index (χ4n) is 3.72. The van der Waals surface area contributed by atoms with Gasteiger partial charge in [0, 0.05) is 0 Å². The van der Waals surface area contributed by atoms with E-state index in [1.807, 2.05) is 0 Å². The molecule has 13 nitrogen and oxygen atoms in total. The van der Waals surface area contributed by atoms with Crippen LogP contribution in [0.1, 0.15) is 136 Å². The zero-order chi connectivity index (χ0) is 31.1. The van der Waals surface area contributed by atoms with Crippen molar-refractivity contribution in [2.75, 3.05) is 19.8 Å². The van der Waals surface area contributed by atoms with E-state index in [4.69, 9.17) is 27.7 Å². The van der Waals surface area contributed by atoms with E-state index in [2.05, 4.69) is 29.4 Å². The number of phosphoric ester groups is 1. The number of hydrogen-bond acceptors (Lipinski definition) is 10. The number of unbranched alkanes of at least 4 members (excludes halogenated alkanes) is 15. The summed E-state index contributed by atoms with van der Waals surface area (Å²) in [4.78, 5) is 27.7. The SMILES string of the molecule is CCCCCCCCOP(=O)(OCCCCCCCC)OP(=O)(OCCCCCCCC)OP(=O)(O)OP(=O)(O)O. The molecule has 0 saturated heterocycles. The van der Waals surface area contributed by atoms with Gasteiger partial charge in [0.25, 0.3) is 0 Å². The van der Waals surface area contributed by atoms with Crippen molar-refractivity contribution in [3.63, 3.8) is 0 Å². The Kier molecular flexibility index (Phi) is 24.2. The van der Waals surface area contributed by atoms with Gasteiger partial charge in [-0.2, -0.15) is 12.9 Å². The highest BCUT2D eigenvalue weighted by atomic mass is 31.3. The first-order chi connectivity index (χ1) is 19.3. The van der Waals surface area contributed by atoms with Gasteiger partial charge in [-0.05, 0) is 19.3 Å². The minimum atomic E-state index is -5.70. The first-order valence-corrected chi connectivity index (χ1v) is 20.9. The summed E-state index contributed by atoms with van der Waals surface area (Å²) in [6, 6.07) is 0. The van der Waals surface area contributed by atoms with Crippen LogP contribution in [0.4, 0.5) is 0 Å². The summed E-state index contributed by atoms with van der Waals surface area (Å²) in [5.41, 5.74) is 0. The Morgan fingerprint density at radius 1 is 0.415 bits per heavy atom. The van der Waals surface area contributed by atoms with Gasteiger partial charge >= 0.3 is 31.3 Å². The van der Waals surface area contributed by atoms with Crippen LogP contribution in [0.5, 0.6) is 0 Å². The molecule has 0 aliphatic heterocycles. The highest BCUT2D eigenvalue weighted by molar-refractivity contribution is 7.70. The topological polar surface area (TPSA) is 184 Å². The third kappa shape index (κ3) is 25.6. The minimum Gasteiger partial charge on any atom is -0.302 e. The van der Waals surface area contributed by atoms with Gasteiger partial charge in [0.2, 0.25) is 0 Å². The monoisotopic (exact) mass is 674 g/mol. The molecule has 0 bridgehead atoms. The number of hydrogen-bond donors (Lipinski definition) is 3. The van der Waals surface area contributed by atoms with Crippen LogP contribution in [0.25, 0.3) is 0 Å². The van der Waals surface area contributed by atoms with Gasteiger partial charge in [0.15, 0.2) is 0 Å². The quantitative estimate of drug-likeness (QED) is 0.0484. The summed E-state index contributed by atoms with van der Waals surface area (Å²) >= 11 is 0. The van der Waals surface area contributed by atoms with Crippen LogP contribution in [-0.4, -0.2) is 34.5 Å². The second kappa shape index (κ2) is 23.9. The van der Waals surface area contributed by atoms with E-state index in [9.17, 15) is 23.2 Å². The second-order valence-electron chi connectivity index (χ2n) is 9.90. The third-order valence-electron chi connectivity index (χ3n) is 5.85. The smallest absolute Gasteiger partial charge is 0.302 e. The highest BCUT2D eigenvalue weighted by Gasteiger charge is 2.48. The van der Waals surface area contributed by atoms with Crippen LogP contribution in [0, 0.1) is 0 Å². The highest BCUT2D eigenvalue weighted by Crippen LogP contribution is 2.74. The van der Waals surface area contributed by atoms with Gasteiger partial charge in [-0.15, -0.1) is 0 Å². The Bertz CT molecular complexity index is 814. The molecule has 0 saturated carbocycles. The maximum Gasteiger partial charge on any atom is 0.492 e. The van der Waals surface area contributed by atoms with E-state index in [-0.39, 0.29) is 19.8 Å². The van der Waals surface area contributed by atoms with Crippen molar-refractivity contribution in [2.24, 2.45) is 0 Å². The van der Waals surface area contributed by atoms with Gasteiger partial charge in [-0.25, -0.2) is 18.3 Å². The summed E-state index contributed by atoms with van der Waals surface area (Å²) in [6.07, 6.45) is 15.9. The number of rotatable bonds is 30. The minimum absolute atomic E-state index is 0.0763. The molecule has 0 spiro atoms. The lowest BCUT2D eigenvalue weighted by atomic mass is 10.1. The van der Waals surface area contributed by atoms with Crippen LogP contribution in [0.2, 0.25) is 0 Å². The lowest BCUT2D eigenvalue weighted by Crippen LogP contribution is -2.06. The largest absolute Gasteiger partial charge is 0.492 e. The first kappa shape index (κ1) is 41.6. The van der Waals surface area contributed by atoms with Crippen LogP contribution < -0.4 is 0 Å². The second-order valence-corrected chi connectivity index (χ2v) is 16.3. The van der Waals surface area contributed by atoms with Crippen molar-refractivity contribution in [1.29, 1.82) is 0 Å². The molecule has 2 atom stereocenters. The molecule has 0 fully saturated rings. The molecular formula is C24H54O13P4. The fourth-order valence-corrected chi connectivity index (χ4v) is 9.45. The summed E-state index contributed by atoms with van der Waals surface area (Å²) in [5, 5.41) is 0. The molecule has 0 aliphatic rings. The van der Waals surface area contributed by atoms with Crippen molar-refractivity contribution in [1.82, 2.24) is 0 Å². The Labute approximate surface area is 246 Å². The summed E-state index contributed by atoms with van der Waals surface area (Å²) in [6.45, 7) is 5.84. The first-order valence-electron chi connectivity index (χ1n) is 15.0. The average molecular weight is 675 g/mol. The van der Waals surface area contributed by atoms with Crippen LogP contribution in [0.15, 0.2) is 0 Å². The van der Waals surface area contributed by atoms with Gasteiger partial charge in [0.1, 0.15) is 0 Å². The molecule has 41 heavy (non-hydrogen) atoms. The zero-order valence-corrected chi connectivity index (χ0v) is 28.6.